The number of nitrogens with one attached hydrogen (secondary N) is 1. The van der Waals surface area contributed by atoms with Crippen LogP contribution in [-0.2, 0) is 0 Å². The average Bonchev–Trinajstić information content (AvgIpc) is 2.33. The number of aromatic nitrogens is 1. The van der Waals surface area contributed by atoms with E-state index < -0.39 is 5.82 Å². The second-order valence-corrected chi connectivity index (χ2v) is 4.51. The topological polar surface area (TPSA) is 24.9 Å². The van der Waals surface area contributed by atoms with Gasteiger partial charge in [-0.15, -0.1) is 0 Å². The summed E-state index contributed by atoms with van der Waals surface area (Å²) in [6, 6.07) is 12.2. The van der Waals surface area contributed by atoms with E-state index in [-0.39, 0.29) is 10.7 Å². The smallest absolute Gasteiger partial charge is 0.151 e. The fourth-order valence-electron chi connectivity index (χ4n) is 1.29. The fraction of sp³-hybridized carbons (Fsp3) is 0. The van der Waals surface area contributed by atoms with Gasteiger partial charge in [0.2, 0.25) is 0 Å². The van der Waals surface area contributed by atoms with E-state index in [1.165, 1.54) is 12.1 Å². The monoisotopic (exact) mass is 310 g/mol. The molecule has 0 aliphatic carbocycles. The van der Waals surface area contributed by atoms with Crippen LogP contribution in [0.15, 0.2) is 47.1 Å². The molecule has 2 rings (SSSR count). The minimum Gasteiger partial charge on any atom is -0.345 e. The van der Waals surface area contributed by atoms with Crippen LogP contribution in [0.25, 0.3) is 0 Å². The molecule has 1 aromatic heterocycles. The van der Waals surface area contributed by atoms with Crippen molar-refractivity contribution in [3.05, 3.63) is 58.6 Å². The van der Waals surface area contributed by atoms with Crippen LogP contribution >= 0.6 is 28.1 Å². The number of nitrogens with zero attached hydrogens (tertiary/aromatic N) is 1. The summed E-state index contributed by atoms with van der Waals surface area (Å²) >= 11 is 8.30. The number of rotatable bonds is 2. The lowest BCUT2D eigenvalue weighted by Crippen LogP contribution is -2.14. The molecule has 17 heavy (non-hydrogen) atoms. The number of benzene rings is 1. The Morgan fingerprint density at radius 1 is 1.18 bits per heavy atom. The number of hydrogen-bond donors (Lipinski definition) is 1. The Hall–Kier alpha value is -1.33. The molecular formula is C12H8BrFN2S. The third kappa shape index (κ3) is 3.08. The van der Waals surface area contributed by atoms with Crippen LogP contribution in [0.5, 0.6) is 0 Å². The van der Waals surface area contributed by atoms with Gasteiger partial charge < -0.3 is 5.32 Å². The van der Waals surface area contributed by atoms with Crippen molar-refractivity contribution in [2.24, 2.45) is 0 Å². The normalized spacial score (nSPS) is 10.0. The maximum absolute atomic E-state index is 13.5. The molecular weight excluding hydrogens is 303 g/mol. The Balaban J connectivity index is 2.23. The molecule has 0 spiro atoms. The van der Waals surface area contributed by atoms with E-state index in [4.69, 9.17) is 12.2 Å². The van der Waals surface area contributed by atoms with Gasteiger partial charge in [0.15, 0.2) is 5.82 Å². The average molecular weight is 311 g/mol. The first-order chi connectivity index (χ1) is 8.16. The van der Waals surface area contributed by atoms with Crippen molar-refractivity contribution in [2.45, 2.75) is 0 Å². The third-order valence-electron chi connectivity index (χ3n) is 2.06. The zero-order valence-electron chi connectivity index (χ0n) is 8.65. The third-order valence-corrected chi connectivity index (χ3v) is 2.80. The molecule has 0 bridgehead atoms. The predicted molar refractivity (Wildman–Crippen MR) is 73.7 cm³/mol. The lowest BCUT2D eigenvalue weighted by molar-refractivity contribution is 0.618. The first kappa shape index (κ1) is 12.1. The Morgan fingerprint density at radius 2 is 1.88 bits per heavy atom. The van der Waals surface area contributed by atoms with Gasteiger partial charge in [-0.1, -0.05) is 30.4 Å². The van der Waals surface area contributed by atoms with Gasteiger partial charge in [0, 0.05) is 5.69 Å². The largest absolute Gasteiger partial charge is 0.345 e. The minimum absolute atomic E-state index is 0.137. The van der Waals surface area contributed by atoms with Gasteiger partial charge in [0.05, 0.1) is 0 Å². The number of halogens is 2. The Bertz CT molecular complexity index is 545. The molecule has 0 amide bonds. The fourth-order valence-corrected chi connectivity index (χ4v) is 1.86. The maximum atomic E-state index is 13.5. The molecule has 86 valence electrons. The summed E-state index contributed by atoms with van der Waals surface area (Å²) in [5.41, 5.74) is 0.942. The Morgan fingerprint density at radius 3 is 2.59 bits per heavy atom. The summed E-state index contributed by atoms with van der Waals surface area (Å²) in [5, 5.41) is 2.93. The molecule has 1 aromatic carbocycles. The van der Waals surface area contributed by atoms with Crippen molar-refractivity contribution in [2.75, 3.05) is 5.32 Å². The number of thiocarbonyl (C=S) groups is 1. The lowest BCUT2D eigenvalue weighted by atomic mass is 10.3. The van der Waals surface area contributed by atoms with Crippen molar-refractivity contribution in [3.63, 3.8) is 0 Å². The summed E-state index contributed by atoms with van der Waals surface area (Å²) in [5.74, 6) is -0.443. The molecule has 5 heteroatoms. The zero-order chi connectivity index (χ0) is 12.3. The molecule has 0 saturated carbocycles. The van der Waals surface area contributed by atoms with E-state index in [9.17, 15) is 4.39 Å². The summed E-state index contributed by atoms with van der Waals surface area (Å²) in [4.78, 5) is 4.27. The molecule has 0 radical (unpaired) electrons. The highest BCUT2D eigenvalue weighted by Gasteiger charge is 2.10. The van der Waals surface area contributed by atoms with Gasteiger partial charge in [-0.25, -0.2) is 9.37 Å². The van der Waals surface area contributed by atoms with E-state index in [1.807, 2.05) is 30.3 Å². The quantitative estimate of drug-likeness (QED) is 0.675. The van der Waals surface area contributed by atoms with Gasteiger partial charge in [0.25, 0.3) is 0 Å². The molecule has 0 fully saturated rings. The van der Waals surface area contributed by atoms with Gasteiger partial charge in [0.1, 0.15) is 15.3 Å². The second kappa shape index (κ2) is 5.33. The standard InChI is InChI=1S/C12H8BrFN2S/c13-10-7-6-9(14)11(16-10)12(17)15-8-4-2-1-3-5-8/h1-7H,(H,15,17). The van der Waals surface area contributed by atoms with Crippen molar-refractivity contribution in [1.29, 1.82) is 0 Å². The van der Waals surface area contributed by atoms with Gasteiger partial charge in [-0.05, 0) is 40.2 Å². The van der Waals surface area contributed by atoms with E-state index >= 15 is 0 Å². The Labute approximate surface area is 112 Å². The highest BCUT2D eigenvalue weighted by atomic mass is 79.9. The predicted octanol–water partition coefficient (Wildman–Crippen LogP) is 3.77. The van der Waals surface area contributed by atoms with Crippen LogP contribution in [0, 0.1) is 5.82 Å². The summed E-state index contributed by atoms with van der Waals surface area (Å²) < 4.78 is 14.1. The van der Waals surface area contributed by atoms with Crippen LogP contribution in [0.4, 0.5) is 10.1 Å². The van der Waals surface area contributed by atoms with Gasteiger partial charge in [-0.3, -0.25) is 0 Å². The molecule has 0 aliphatic heterocycles. The zero-order valence-corrected chi connectivity index (χ0v) is 11.1. The summed E-state index contributed by atoms with van der Waals surface area (Å²) in [6.07, 6.45) is 0. The SMILES string of the molecule is Fc1ccc(Br)nc1C(=S)Nc1ccccc1. The molecule has 2 aromatic rings. The lowest BCUT2D eigenvalue weighted by Gasteiger charge is -2.08. The molecule has 1 heterocycles. The molecule has 1 N–H and O–H groups in total. The van der Waals surface area contributed by atoms with E-state index in [1.54, 1.807) is 0 Å². The molecule has 2 nitrogen and oxygen atoms in total. The minimum atomic E-state index is -0.443. The number of pyridine rings is 1. The molecule has 0 saturated heterocycles. The van der Waals surface area contributed by atoms with Crippen LogP contribution in [0.1, 0.15) is 5.69 Å². The van der Waals surface area contributed by atoms with Crippen LogP contribution < -0.4 is 5.32 Å². The second-order valence-electron chi connectivity index (χ2n) is 3.28. The van der Waals surface area contributed by atoms with Crippen LogP contribution in [0.3, 0.4) is 0 Å². The number of para-hydroxylation sites is 1. The van der Waals surface area contributed by atoms with Crippen molar-refractivity contribution < 1.29 is 4.39 Å². The number of hydrogen-bond acceptors (Lipinski definition) is 2. The van der Waals surface area contributed by atoms with Crippen LogP contribution in [-0.4, -0.2) is 9.97 Å². The van der Waals surface area contributed by atoms with Crippen molar-refractivity contribution >= 4 is 38.8 Å². The van der Waals surface area contributed by atoms with E-state index in [2.05, 4.69) is 26.2 Å². The van der Waals surface area contributed by atoms with Gasteiger partial charge in [-0.2, -0.15) is 0 Å². The van der Waals surface area contributed by atoms with Crippen molar-refractivity contribution in [1.82, 2.24) is 4.98 Å². The van der Waals surface area contributed by atoms with E-state index in [0.29, 0.717) is 4.60 Å². The summed E-state index contributed by atoms with van der Waals surface area (Å²) in [7, 11) is 0. The maximum Gasteiger partial charge on any atom is 0.151 e. The first-order valence-corrected chi connectivity index (χ1v) is 6.05. The Kier molecular flexibility index (Phi) is 3.81. The molecule has 0 atom stereocenters. The summed E-state index contributed by atoms with van der Waals surface area (Å²) in [6.45, 7) is 0. The molecule has 0 aliphatic rings. The van der Waals surface area contributed by atoms with Gasteiger partial charge >= 0.3 is 0 Å². The van der Waals surface area contributed by atoms with Crippen molar-refractivity contribution in [3.8, 4) is 0 Å². The number of anilines is 1. The highest BCUT2D eigenvalue weighted by Crippen LogP contribution is 2.14. The van der Waals surface area contributed by atoms with E-state index in [0.717, 1.165) is 5.69 Å². The highest BCUT2D eigenvalue weighted by molar-refractivity contribution is 9.10. The molecule has 0 unspecified atom stereocenters. The first-order valence-electron chi connectivity index (χ1n) is 4.85. The van der Waals surface area contributed by atoms with Crippen LogP contribution in [0.2, 0.25) is 0 Å².